The Bertz CT molecular complexity index is 1010. The van der Waals surface area contributed by atoms with Gasteiger partial charge in [0.2, 0.25) is 5.91 Å². The monoisotopic (exact) mass is 454 g/mol. The summed E-state index contributed by atoms with van der Waals surface area (Å²) >= 11 is 0.906. The van der Waals surface area contributed by atoms with Gasteiger partial charge in [-0.3, -0.25) is 19.7 Å². The molecule has 3 rings (SSSR count). The summed E-state index contributed by atoms with van der Waals surface area (Å²) in [7, 11) is 0. The van der Waals surface area contributed by atoms with Crippen molar-refractivity contribution < 1.29 is 37.4 Å². The average molecular weight is 454 g/mol. The molecule has 0 radical (unpaired) electrons. The Kier molecular flexibility index (Phi) is 6.56. The third kappa shape index (κ3) is 5.76. The molecule has 2 unspecified atom stereocenters. The van der Waals surface area contributed by atoms with Crippen molar-refractivity contribution >= 4 is 28.9 Å². The maximum atomic E-state index is 13.0. The van der Waals surface area contributed by atoms with Gasteiger partial charge < -0.3 is 15.6 Å². The van der Waals surface area contributed by atoms with Gasteiger partial charge in [-0.25, -0.2) is 0 Å². The van der Waals surface area contributed by atoms with Gasteiger partial charge in [0.05, 0.1) is 10.8 Å². The van der Waals surface area contributed by atoms with Crippen LogP contribution in [0.1, 0.15) is 16.7 Å². The van der Waals surface area contributed by atoms with E-state index in [0.29, 0.717) is 12.2 Å². The first-order valence-corrected chi connectivity index (χ1v) is 9.87. The number of benzene rings is 2. The number of rotatable bonds is 7. The van der Waals surface area contributed by atoms with E-state index in [1.807, 2.05) is 0 Å². The predicted molar refractivity (Wildman–Crippen MR) is 106 cm³/mol. The number of hydrogen-bond acceptors (Lipinski definition) is 6. The smallest absolute Gasteiger partial charge is 0.416 e. The van der Waals surface area contributed by atoms with E-state index in [4.69, 9.17) is 15.6 Å². The second-order valence-electron chi connectivity index (χ2n) is 6.80. The number of imide groups is 1. The predicted octanol–water partition coefficient (Wildman–Crippen LogP) is 3.35. The molecule has 11 heteroatoms. The zero-order valence-electron chi connectivity index (χ0n) is 15.8. The van der Waals surface area contributed by atoms with Gasteiger partial charge in [0.1, 0.15) is 17.5 Å². The summed E-state index contributed by atoms with van der Waals surface area (Å²) in [4.78, 5) is 33.9. The number of thioether (sulfide) groups is 1. The molecular weight excluding hydrogens is 437 g/mol. The van der Waals surface area contributed by atoms with Crippen LogP contribution in [0.3, 0.4) is 0 Å². The highest BCUT2D eigenvalue weighted by Crippen LogP contribution is 2.35. The number of carbonyl (C=O) groups is 3. The van der Waals surface area contributed by atoms with Crippen molar-refractivity contribution in [3.8, 4) is 11.5 Å². The maximum Gasteiger partial charge on any atom is 0.416 e. The third-order valence-electron chi connectivity index (χ3n) is 4.48. The van der Waals surface area contributed by atoms with Gasteiger partial charge in [-0.15, -0.1) is 0 Å². The molecule has 164 valence electrons. The van der Waals surface area contributed by atoms with Crippen LogP contribution in [-0.4, -0.2) is 33.5 Å². The Balaban J connectivity index is 1.78. The zero-order chi connectivity index (χ0) is 22.8. The number of aliphatic carboxylic acids is 1. The van der Waals surface area contributed by atoms with Crippen LogP contribution in [0.15, 0.2) is 42.5 Å². The number of carboxylic acids is 1. The molecule has 1 saturated heterocycles. The third-order valence-corrected chi connectivity index (χ3v) is 5.47. The summed E-state index contributed by atoms with van der Waals surface area (Å²) < 4.78 is 44.8. The summed E-state index contributed by atoms with van der Waals surface area (Å²) in [5, 5.41) is 10.3. The van der Waals surface area contributed by atoms with Crippen molar-refractivity contribution in [3.05, 3.63) is 59.2 Å². The zero-order valence-corrected chi connectivity index (χ0v) is 16.6. The second-order valence-corrected chi connectivity index (χ2v) is 7.98. The Morgan fingerprint density at radius 3 is 2.42 bits per heavy atom. The molecule has 1 aliphatic rings. The highest BCUT2D eigenvalue weighted by molar-refractivity contribution is 8.15. The number of nitrogens with two attached hydrogens (primary N) is 1. The molecule has 2 aromatic rings. The first kappa shape index (κ1) is 22.6. The second kappa shape index (κ2) is 8.98. The van der Waals surface area contributed by atoms with Gasteiger partial charge in [-0.1, -0.05) is 23.9 Å². The molecule has 2 atom stereocenters. The number of hydrogen-bond donors (Lipinski definition) is 3. The molecule has 1 fully saturated rings. The van der Waals surface area contributed by atoms with Crippen LogP contribution < -0.4 is 15.8 Å². The molecule has 2 aromatic carbocycles. The summed E-state index contributed by atoms with van der Waals surface area (Å²) in [6.07, 6.45) is -4.63. The van der Waals surface area contributed by atoms with E-state index in [9.17, 15) is 27.6 Å². The van der Waals surface area contributed by atoms with Crippen molar-refractivity contribution in [2.75, 3.05) is 0 Å². The number of nitrogens with one attached hydrogen (secondary N) is 1. The van der Waals surface area contributed by atoms with E-state index in [-0.39, 0.29) is 23.6 Å². The fourth-order valence-corrected chi connectivity index (χ4v) is 3.76. The van der Waals surface area contributed by atoms with E-state index in [0.717, 1.165) is 35.5 Å². The normalized spacial score (nSPS) is 17.4. The lowest BCUT2D eigenvalue weighted by Gasteiger charge is -2.16. The van der Waals surface area contributed by atoms with E-state index in [1.165, 1.54) is 0 Å². The van der Waals surface area contributed by atoms with E-state index >= 15 is 0 Å². The molecule has 1 aliphatic heterocycles. The van der Waals surface area contributed by atoms with E-state index < -0.39 is 34.2 Å². The summed E-state index contributed by atoms with van der Waals surface area (Å²) in [6.45, 7) is 0. The van der Waals surface area contributed by atoms with Crippen LogP contribution >= 0.6 is 11.8 Å². The van der Waals surface area contributed by atoms with Gasteiger partial charge >= 0.3 is 12.1 Å². The molecular formula is C20H17F3N2O5S. The molecule has 1 heterocycles. The average Bonchev–Trinajstić information content (AvgIpc) is 3.00. The number of carbonyl (C=O) groups excluding carboxylic acids is 2. The van der Waals surface area contributed by atoms with Crippen LogP contribution in [0.5, 0.6) is 11.5 Å². The minimum absolute atomic E-state index is 0.00587. The number of ether oxygens (including phenoxy) is 1. The molecule has 0 bridgehead atoms. The SMILES string of the molecule is NC(Cc1cc(C(F)(F)F)ccc1Oc1ccc(CC2SC(=O)NC2=O)cc1)C(=O)O. The van der Waals surface area contributed by atoms with Crippen molar-refractivity contribution in [2.24, 2.45) is 5.73 Å². The number of amides is 2. The molecule has 0 saturated carbocycles. The van der Waals surface area contributed by atoms with Crippen LogP contribution in [0, 0.1) is 0 Å². The molecule has 0 aromatic heterocycles. The van der Waals surface area contributed by atoms with Crippen molar-refractivity contribution in [3.63, 3.8) is 0 Å². The summed E-state index contributed by atoms with van der Waals surface area (Å²) in [5.74, 6) is -1.36. The summed E-state index contributed by atoms with van der Waals surface area (Å²) in [6, 6.07) is 7.83. The number of alkyl halides is 3. The van der Waals surface area contributed by atoms with Crippen molar-refractivity contribution in [2.45, 2.75) is 30.3 Å². The van der Waals surface area contributed by atoms with Gasteiger partial charge in [-0.05, 0) is 47.9 Å². The molecule has 0 aliphatic carbocycles. The number of carboxylic acid groups (broad SMARTS) is 1. The van der Waals surface area contributed by atoms with Crippen molar-refractivity contribution in [1.82, 2.24) is 5.32 Å². The lowest BCUT2D eigenvalue weighted by atomic mass is 10.0. The number of halogens is 3. The lowest BCUT2D eigenvalue weighted by Crippen LogP contribution is -2.32. The first-order valence-electron chi connectivity index (χ1n) is 8.99. The summed E-state index contributed by atoms with van der Waals surface area (Å²) in [5.41, 5.74) is 5.32. The van der Waals surface area contributed by atoms with Gasteiger partial charge in [-0.2, -0.15) is 13.2 Å². The largest absolute Gasteiger partial charge is 0.480 e. The molecule has 4 N–H and O–H groups in total. The topological polar surface area (TPSA) is 119 Å². The quantitative estimate of drug-likeness (QED) is 0.587. The Morgan fingerprint density at radius 1 is 1.19 bits per heavy atom. The van der Waals surface area contributed by atoms with Crippen LogP contribution in [-0.2, 0) is 28.6 Å². The van der Waals surface area contributed by atoms with Gasteiger partial charge in [0.15, 0.2) is 0 Å². The fraction of sp³-hybridized carbons (Fsp3) is 0.250. The van der Waals surface area contributed by atoms with Gasteiger partial charge in [0, 0.05) is 6.42 Å². The Hall–Kier alpha value is -3.05. The van der Waals surface area contributed by atoms with Gasteiger partial charge in [0.25, 0.3) is 5.24 Å². The maximum absolute atomic E-state index is 13.0. The lowest BCUT2D eigenvalue weighted by molar-refractivity contribution is -0.138. The highest BCUT2D eigenvalue weighted by Gasteiger charge is 2.32. The molecule has 0 spiro atoms. The minimum Gasteiger partial charge on any atom is -0.480 e. The van der Waals surface area contributed by atoms with Crippen molar-refractivity contribution in [1.29, 1.82) is 0 Å². The highest BCUT2D eigenvalue weighted by atomic mass is 32.2. The van der Waals surface area contributed by atoms with E-state index in [1.54, 1.807) is 24.3 Å². The Morgan fingerprint density at radius 2 is 1.87 bits per heavy atom. The minimum atomic E-state index is -4.60. The van der Waals surface area contributed by atoms with E-state index in [2.05, 4.69) is 5.32 Å². The molecule has 31 heavy (non-hydrogen) atoms. The first-order chi connectivity index (χ1) is 14.5. The standard InChI is InChI=1S/C20H17F3N2O5S/c21-20(22,23)12-3-6-15(11(8-12)9-14(24)18(27)28)30-13-4-1-10(2-5-13)7-16-17(26)25-19(29)31-16/h1-6,8,14,16H,7,9,24H2,(H,27,28)(H,25,26,29). The van der Waals surface area contributed by atoms with Crippen LogP contribution in [0.4, 0.5) is 18.0 Å². The van der Waals surface area contributed by atoms with Crippen LogP contribution in [0.2, 0.25) is 0 Å². The van der Waals surface area contributed by atoms with Crippen LogP contribution in [0.25, 0.3) is 0 Å². The fourth-order valence-electron chi connectivity index (χ4n) is 2.90. The molecule has 2 amide bonds. The Labute approximate surface area is 178 Å². The molecule has 7 nitrogen and oxygen atoms in total.